The zero-order valence-electron chi connectivity index (χ0n) is 21.8. The quantitative estimate of drug-likeness (QED) is 0.215. The Kier molecular flexibility index (Phi) is 8.07. The van der Waals surface area contributed by atoms with E-state index in [0.717, 1.165) is 24.2 Å². The highest BCUT2D eigenvalue weighted by Crippen LogP contribution is 2.38. The third-order valence-corrected chi connectivity index (χ3v) is 8.16. The molecular formula is C29H32ClN3O3S. The Morgan fingerprint density at radius 1 is 0.865 bits per heavy atom. The molecule has 0 amide bonds. The Bertz CT molecular complexity index is 1490. The Hall–Kier alpha value is -3.13. The molecule has 0 aliphatic carbocycles. The molecule has 0 saturated heterocycles. The molecule has 1 aromatic heterocycles. The Balaban J connectivity index is 1.88. The van der Waals surface area contributed by atoms with Crippen molar-refractivity contribution < 1.29 is 13.2 Å². The van der Waals surface area contributed by atoms with Gasteiger partial charge in [0.05, 0.1) is 21.8 Å². The molecule has 0 saturated carbocycles. The summed E-state index contributed by atoms with van der Waals surface area (Å²) in [6.07, 6.45) is 0. The molecule has 0 aliphatic rings. The van der Waals surface area contributed by atoms with Crippen LogP contribution < -0.4 is 9.04 Å². The normalized spacial score (nSPS) is 11.8. The summed E-state index contributed by atoms with van der Waals surface area (Å²) < 4.78 is 35.9. The van der Waals surface area contributed by atoms with E-state index in [1.165, 1.54) is 4.31 Å². The lowest BCUT2D eigenvalue weighted by Crippen LogP contribution is -2.28. The number of benzene rings is 3. The van der Waals surface area contributed by atoms with Crippen molar-refractivity contribution in [3.05, 3.63) is 88.6 Å². The number of halogens is 1. The molecule has 0 spiro atoms. The van der Waals surface area contributed by atoms with E-state index in [4.69, 9.17) is 16.3 Å². The molecule has 0 unspecified atom stereocenters. The Labute approximate surface area is 224 Å². The fraction of sp³-hybridized carbons (Fsp3) is 0.276. The molecule has 0 N–H and O–H groups in total. The molecule has 8 heteroatoms. The first-order valence-corrected chi connectivity index (χ1v) is 14.1. The van der Waals surface area contributed by atoms with E-state index in [1.54, 1.807) is 54.6 Å². The Morgan fingerprint density at radius 2 is 1.51 bits per heavy atom. The summed E-state index contributed by atoms with van der Waals surface area (Å²) in [6.45, 7) is 12.0. The van der Waals surface area contributed by atoms with Crippen LogP contribution in [-0.4, -0.2) is 38.1 Å². The first-order chi connectivity index (χ1) is 17.6. The van der Waals surface area contributed by atoms with Gasteiger partial charge in [0.1, 0.15) is 12.5 Å². The van der Waals surface area contributed by atoms with Crippen molar-refractivity contribution in [3.8, 4) is 5.75 Å². The highest BCUT2D eigenvalue weighted by molar-refractivity contribution is 7.93. The number of sulfonamides is 1. The molecule has 0 aliphatic heterocycles. The van der Waals surface area contributed by atoms with E-state index < -0.39 is 10.0 Å². The molecule has 0 fully saturated rings. The van der Waals surface area contributed by atoms with Gasteiger partial charge < -0.3 is 4.74 Å². The summed E-state index contributed by atoms with van der Waals surface area (Å²) in [4.78, 5) is 6.98. The van der Waals surface area contributed by atoms with Gasteiger partial charge in [-0.1, -0.05) is 31.5 Å². The van der Waals surface area contributed by atoms with E-state index in [-0.39, 0.29) is 4.90 Å². The van der Waals surface area contributed by atoms with Crippen LogP contribution in [-0.2, 0) is 10.0 Å². The standard InChI is InChI=1S/C29H32ClN3O3S/c1-6-32(7-2)19-36-25-11-9-24(10-12-25)33(37(34,35)26-15-20(3)14-21(4)16-26)29-17-22(5)31-28-18-23(30)8-13-27(28)29/h8-18H,6-7,19H2,1-5H3. The molecule has 194 valence electrons. The maximum atomic E-state index is 14.3. The van der Waals surface area contributed by atoms with Gasteiger partial charge in [0.15, 0.2) is 0 Å². The van der Waals surface area contributed by atoms with Gasteiger partial charge in [0.25, 0.3) is 10.0 Å². The Morgan fingerprint density at radius 3 is 2.14 bits per heavy atom. The number of rotatable bonds is 9. The minimum Gasteiger partial charge on any atom is -0.478 e. The van der Waals surface area contributed by atoms with Crippen molar-refractivity contribution in [1.82, 2.24) is 9.88 Å². The molecule has 4 rings (SSSR count). The van der Waals surface area contributed by atoms with E-state index >= 15 is 0 Å². The first-order valence-electron chi connectivity index (χ1n) is 12.3. The molecule has 37 heavy (non-hydrogen) atoms. The van der Waals surface area contributed by atoms with Gasteiger partial charge in [0, 0.05) is 16.1 Å². The molecule has 0 bridgehead atoms. The van der Waals surface area contributed by atoms with E-state index in [1.807, 2.05) is 32.9 Å². The molecule has 3 aromatic carbocycles. The molecular weight excluding hydrogens is 506 g/mol. The van der Waals surface area contributed by atoms with Gasteiger partial charge in [-0.15, -0.1) is 0 Å². The zero-order valence-corrected chi connectivity index (χ0v) is 23.4. The number of anilines is 2. The average Bonchev–Trinajstić information content (AvgIpc) is 2.84. The lowest BCUT2D eigenvalue weighted by molar-refractivity contribution is 0.137. The van der Waals surface area contributed by atoms with E-state index in [2.05, 4.69) is 23.7 Å². The van der Waals surface area contributed by atoms with Gasteiger partial charge in [-0.25, -0.2) is 12.7 Å². The van der Waals surface area contributed by atoms with E-state index in [9.17, 15) is 8.42 Å². The van der Waals surface area contributed by atoms with Crippen molar-refractivity contribution in [1.29, 1.82) is 0 Å². The first kappa shape index (κ1) is 26.9. The number of aromatic nitrogens is 1. The number of nitrogens with zero attached hydrogens (tertiary/aromatic N) is 3. The number of hydrogen-bond acceptors (Lipinski definition) is 5. The molecule has 1 heterocycles. The van der Waals surface area contributed by atoms with Crippen LogP contribution in [0.1, 0.15) is 30.7 Å². The van der Waals surface area contributed by atoms with Crippen molar-refractivity contribution in [3.63, 3.8) is 0 Å². The van der Waals surface area contributed by atoms with Crippen LogP contribution >= 0.6 is 11.6 Å². The topological polar surface area (TPSA) is 62.7 Å². The largest absolute Gasteiger partial charge is 0.478 e. The predicted molar refractivity (Wildman–Crippen MR) is 152 cm³/mol. The molecule has 0 atom stereocenters. The lowest BCUT2D eigenvalue weighted by Gasteiger charge is -2.27. The van der Waals surface area contributed by atoms with Crippen molar-refractivity contribution in [2.75, 3.05) is 24.1 Å². The van der Waals surface area contributed by atoms with Crippen LogP contribution in [0.4, 0.5) is 11.4 Å². The summed E-state index contributed by atoms with van der Waals surface area (Å²) in [7, 11) is -3.99. The number of hydrogen-bond donors (Lipinski definition) is 0. The molecule has 0 radical (unpaired) electrons. The molecule has 6 nitrogen and oxygen atoms in total. The van der Waals surface area contributed by atoms with Gasteiger partial charge in [-0.2, -0.15) is 0 Å². The summed E-state index contributed by atoms with van der Waals surface area (Å²) >= 11 is 6.24. The lowest BCUT2D eigenvalue weighted by atomic mass is 10.1. The average molecular weight is 538 g/mol. The monoisotopic (exact) mass is 537 g/mol. The van der Waals surface area contributed by atoms with Crippen LogP contribution in [0.25, 0.3) is 10.9 Å². The van der Waals surface area contributed by atoms with E-state index in [0.29, 0.717) is 45.5 Å². The third-order valence-electron chi connectivity index (χ3n) is 6.21. The highest BCUT2D eigenvalue weighted by atomic mass is 35.5. The number of fused-ring (bicyclic) bond motifs is 1. The van der Waals surface area contributed by atoms with Crippen molar-refractivity contribution in [2.45, 2.75) is 39.5 Å². The van der Waals surface area contributed by atoms with Crippen LogP contribution in [0.3, 0.4) is 0 Å². The smallest absolute Gasteiger partial charge is 0.268 e. The summed E-state index contributed by atoms with van der Waals surface area (Å²) in [5.74, 6) is 0.668. The summed E-state index contributed by atoms with van der Waals surface area (Å²) in [6, 6.07) is 19.6. The SMILES string of the molecule is CCN(CC)COc1ccc(N(c2cc(C)nc3cc(Cl)ccc23)S(=O)(=O)c2cc(C)cc(C)c2)cc1. The summed E-state index contributed by atoms with van der Waals surface area (Å²) in [5.41, 5.74) is 4.07. The van der Waals surface area contributed by atoms with Gasteiger partial charge in [0.2, 0.25) is 0 Å². The molecule has 4 aromatic rings. The minimum absolute atomic E-state index is 0.225. The van der Waals surface area contributed by atoms with Crippen LogP contribution in [0.5, 0.6) is 5.75 Å². The second kappa shape index (κ2) is 11.1. The number of aryl methyl sites for hydroxylation is 3. The van der Waals surface area contributed by atoms with Crippen LogP contribution in [0.15, 0.2) is 71.6 Å². The second-order valence-electron chi connectivity index (χ2n) is 9.11. The van der Waals surface area contributed by atoms with Gasteiger partial charge >= 0.3 is 0 Å². The van der Waals surface area contributed by atoms with Gasteiger partial charge in [-0.3, -0.25) is 9.88 Å². The maximum absolute atomic E-state index is 14.3. The van der Waals surface area contributed by atoms with Crippen LogP contribution in [0, 0.1) is 20.8 Å². The minimum atomic E-state index is -3.99. The fourth-order valence-electron chi connectivity index (χ4n) is 4.32. The predicted octanol–water partition coefficient (Wildman–Crippen LogP) is 7.02. The maximum Gasteiger partial charge on any atom is 0.268 e. The van der Waals surface area contributed by atoms with Crippen LogP contribution in [0.2, 0.25) is 5.02 Å². The number of pyridine rings is 1. The number of ether oxygens (including phenoxy) is 1. The highest BCUT2D eigenvalue weighted by Gasteiger charge is 2.29. The van der Waals surface area contributed by atoms with Gasteiger partial charge in [-0.05, 0) is 106 Å². The fourth-order valence-corrected chi connectivity index (χ4v) is 6.18. The zero-order chi connectivity index (χ0) is 26.7. The van der Waals surface area contributed by atoms with Crippen molar-refractivity contribution >= 4 is 43.9 Å². The van der Waals surface area contributed by atoms with Crippen molar-refractivity contribution in [2.24, 2.45) is 0 Å². The summed E-state index contributed by atoms with van der Waals surface area (Å²) in [5, 5.41) is 1.22. The second-order valence-corrected chi connectivity index (χ2v) is 11.3. The third kappa shape index (κ3) is 5.90.